The van der Waals surface area contributed by atoms with E-state index in [1.54, 1.807) is 0 Å². The molecular formula is C14H9ClN2O5. The molecule has 22 heavy (non-hydrogen) atoms. The van der Waals surface area contributed by atoms with Gasteiger partial charge in [-0.2, -0.15) is 5.26 Å². The minimum Gasteiger partial charge on any atom is -0.477 e. The topological polar surface area (TPSA) is 108 Å². The zero-order valence-electron chi connectivity index (χ0n) is 11.3. The molecule has 8 heteroatoms. The van der Waals surface area contributed by atoms with Gasteiger partial charge in [0.25, 0.3) is 5.91 Å². The molecule has 0 aliphatic carbocycles. The Hall–Kier alpha value is -2.85. The lowest BCUT2D eigenvalue weighted by atomic mass is 10.0. The number of fused-ring (bicyclic) bond motifs is 1. The third-order valence-corrected chi connectivity index (χ3v) is 3.30. The zero-order chi connectivity index (χ0) is 16.4. The van der Waals surface area contributed by atoms with Crippen LogP contribution in [-0.2, 0) is 19.1 Å². The van der Waals surface area contributed by atoms with Crippen LogP contribution in [0.15, 0.2) is 23.8 Å². The molecule has 1 aromatic rings. The van der Waals surface area contributed by atoms with Crippen LogP contribution in [-0.4, -0.2) is 36.6 Å². The number of rotatable bonds is 3. The fourth-order valence-corrected chi connectivity index (χ4v) is 2.28. The molecule has 0 bridgehead atoms. The monoisotopic (exact) mass is 320 g/mol. The van der Waals surface area contributed by atoms with Crippen LogP contribution < -0.4 is 4.90 Å². The maximum absolute atomic E-state index is 12.4. The summed E-state index contributed by atoms with van der Waals surface area (Å²) >= 11 is 5.87. The van der Waals surface area contributed by atoms with E-state index in [1.807, 2.05) is 0 Å². The normalized spacial score (nSPS) is 15.1. The van der Waals surface area contributed by atoms with E-state index in [0.29, 0.717) is 5.69 Å². The molecule has 112 valence electrons. The number of nitriles is 1. The Morgan fingerprint density at radius 3 is 2.68 bits per heavy atom. The predicted octanol–water partition coefficient (Wildman–Crippen LogP) is 1.22. The number of hydrogen-bond donors (Lipinski definition) is 1. The first-order valence-corrected chi connectivity index (χ1v) is 6.34. The maximum atomic E-state index is 12.4. The molecule has 0 spiro atoms. The number of ether oxygens (including phenoxy) is 1. The van der Waals surface area contributed by atoms with Crippen LogP contribution in [0.3, 0.4) is 0 Å². The summed E-state index contributed by atoms with van der Waals surface area (Å²) in [6.45, 7) is -0.397. The van der Waals surface area contributed by atoms with Crippen LogP contribution in [0.5, 0.6) is 0 Å². The maximum Gasteiger partial charge on any atom is 0.347 e. The fraction of sp³-hybridized carbons (Fsp3) is 0.143. The van der Waals surface area contributed by atoms with E-state index in [4.69, 9.17) is 22.0 Å². The Balaban J connectivity index is 2.68. The largest absolute Gasteiger partial charge is 0.477 e. The van der Waals surface area contributed by atoms with Gasteiger partial charge in [-0.15, -0.1) is 0 Å². The van der Waals surface area contributed by atoms with Gasteiger partial charge in [-0.1, -0.05) is 11.6 Å². The highest BCUT2D eigenvalue weighted by Gasteiger charge is 2.37. The first-order chi connectivity index (χ1) is 10.4. The minimum absolute atomic E-state index is 0.195. The average Bonchev–Trinajstić information content (AvgIpc) is 2.73. The molecule has 0 saturated carbocycles. The molecule has 1 aromatic carbocycles. The van der Waals surface area contributed by atoms with Crippen molar-refractivity contribution in [1.29, 1.82) is 5.26 Å². The summed E-state index contributed by atoms with van der Waals surface area (Å²) in [5, 5.41) is 18.4. The second-order valence-electron chi connectivity index (χ2n) is 4.30. The molecule has 0 unspecified atom stereocenters. The van der Waals surface area contributed by atoms with Crippen molar-refractivity contribution in [2.24, 2.45) is 0 Å². The van der Waals surface area contributed by atoms with E-state index < -0.39 is 30.0 Å². The lowest BCUT2D eigenvalue weighted by Crippen LogP contribution is -2.33. The minimum atomic E-state index is -1.53. The Kier molecular flexibility index (Phi) is 4.15. The van der Waals surface area contributed by atoms with E-state index in [2.05, 4.69) is 4.74 Å². The number of anilines is 1. The van der Waals surface area contributed by atoms with Gasteiger partial charge in [-0.25, -0.2) is 4.79 Å². The van der Waals surface area contributed by atoms with Crippen molar-refractivity contribution in [3.8, 4) is 6.07 Å². The molecule has 1 heterocycles. The van der Waals surface area contributed by atoms with Gasteiger partial charge in [0, 0.05) is 10.6 Å². The van der Waals surface area contributed by atoms with Gasteiger partial charge >= 0.3 is 11.9 Å². The SMILES string of the molecule is COC(=O)CN1C(=O)C(=C(C#N)C(=O)O)c2cc(Cl)ccc21. The lowest BCUT2D eigenvalue weighted by Gasteiger charge is -2.15. The number of nitrogens with zero attached hydrogens (tertiary/aromatic N) is 2. The second kappa shape index (κ2) is 5.87. The number of esters is 1. The highest BCUT2D eigenvalue weighted by Crippen LogP contribution is 2.39. The lowest BCUT2D eigenvalue weighted by molar-refractivity contribution is -0.139. The van der Waals surface area contributed by atoms with Gasteiger partial charge in [-0.05, 0) is 18.2 Å². The molecule has 1 amide bonds. The molecule has 0 atom stereocenters. The standard InChI is InChI=1S/C14H9ClN2O5/c1-22-11(18)6-17-10-3-2-7(15)4-8(10)12(13(17)19)9(5-16)14(20)21/h2-4H,6H2,1H3,(H,20,21). The van der Waals surface area contributed by atoms with E-state index in [0.717, 1.165) is 4.90 Å². The number of methoxy groups -OCH3 is 1. The van der Waals surface area contributed by atoms with E-state index in [1.165, 1.54) is 31.4 Å². The summed E-state index contributed by atoms with van der Waals surface area (Å²) in [4.78, 5) is 36.1. The molecule has 0 saturated heterocycles. The number of hydrogen-bond acceptors (Lipinski definition) is 5. The number of halogens is 1. The van der Waals surface area contributed by atoms with Crippen molar-refractivity contribution in [1.82, 2.24) is 0 Å². The highest BCUT2D eigenvalue weighted by molar-refractivity contribution is 6.38. The van der Waals surface area contributed by atoms with Crippen LogP contribution in [0.4, 0.5) is 5.69 Å². The number of carboxylic acids is 1. The highest BCUT2D eigenvalue weighted by atomic mass is 35.5. The quantitative estimate of drug-likeness (QED) is 0.509. The fourth-order valence-electron chi connectivity index (χ4n) is 2.11. The average molecular weight is 321 g/mol. The Labute approximate surface area is 130 Å². The van der Waals surface area contributed by atoms with Gasteiger partial charge < -0.3 is 9.84 Å². The molecule has 7 nitrogen and oxygen atoms in total. The number of carbonyl (C=O) groups is 3. The molecule has 0 fully saturated rings. The van der Waals surface area contributed by atoms with E-state index in [9.17, 15) is 14.4 Å². The summed E-state index contributed by atoms with van der Waals surface area (Å²) in [6.07, 6.45) is 0. The molecule has 0 radical (unpaired) electrons. The van der Waals surface area contributed by atoms with Gasteiger partial charge in [0.2, 0.25) is 0 Å². The van der Waals surface area contributed by atoms with Crippen molar-refractivity contribution in [2.45, 2.75) is 0 Å². The molecular weight excluding hydrogens is 312 g/mol. The van der Waals surface area contributed by atoms with Crippen LogP contribution in [0.25, 0.3) is 5.57 Å². The van der Waals surface area contributed by atoms with Gasteiger partial charge in [0.1, 0.15) is 12.6 Å². The van der Waals surface area contributed by atoms with Crippen LogP contribution >= 0.6 is 11.6 Å². The number of carboxylic acid groups (broad SMARTS) is 1. The van der Waals surface area contributed by atoms with Gasteiger partial charge in [0.05, 0.1) is 18.4 Å². The van der Waals surface area contributed by atoms with Crippen molar-refractivity contribution >= 4 is 40.7 Å². The van der Waals surface area contributed by atoms with E-state index in [-0.39, 0.29) is 16.2 Å². The van der Waals surface area contributed by atoms with E-state index >= 15 is 0 Å². The third-order valence-electron chi connectivity index (χ3n) is 3.07. The molecule has 0 aromatic heterocycles. The van der Waals surface area contributed by atoms with Gasteiger partial charge in [0.15, 0.2) is 5.57 Å². The predicted molar refractivity (Wildman–Crippen MR) is 76.0 cm³/mol. The van der Waals surface area contributed by atoms with Crippen molar-refractivity contribution in [2.75, 3.05) is 18.6 Å². The van der Waals surface area contributed by atoms with Gasteiger partial charge in [-0.3, -0.25) is 14.5 Å². The van der Waals surface area contributed by atoms with Crippen molar-refractivity contribution in [3.05, 3.63) is 34.4 Å². The summed E-state index contributed by atoms with van der Waals surface area (Å²) in [7, 11) is 1.17. The Bertz CT molecular complexity index is 763. The second-order valence-corrected chi connectivity index (χ2v) is 4.73. The summed E-state index contributed by atoms with van der Waals surface area (Å²) < 4.78 is 4.51. The molecule has 1 aliphatic heterocycles. The number of amides is 1. The smallest absolute Gasteiger partial charge is 0.347 e. The first kappa shape index (κ1) is 15.5. The summed E-state index contributed by atoms with van der Waals surface area (Å²) in [5.74, 6) is -2.97. The zero-order valence-corrected chi connectivity index (χ0v) is 12.0. The number of benzene rings is 1. The van der Waals surface area contributed by atoms with Crippen molar-refractivity contribution < 1.29 is 24.2 Å². The van der Waals surface area contributed by atoms with Crippen molar-refractivity contribution in [3.63, 3.8) is 0 Å². The number of carbonyl (C=O) groups excluding carboxylic acids is 2. The molecule has 1 aliphatic rings. The Morgan fingerprint density at radius 1 is 1.45 bits per heavy atom. The summed E-state index contributed by atoms with van der Waals surface area (Å²) in [6, 6.07) is 5.84. The molecule has 2 rings (SSSR count). The first-order valence-electron chi connectivity index (χ1n) is 5.97. The molecule has 1 N–H and O–H groups in total. The van der Waals surface area contributed by atoms with Crippen LogP contribution in [0, 0.1) is 11.3 Å². The van der Waals surface area contributed by atoms with Crippen LogP contribution in [0.1, 0.15) is 5.56 Å². The third kappa shape index (κ3) is 2.52. The number of aliphatic carboxylic acids is 1. The Morgan fingerprint density at radius 2 is 2.14 bits per heavy atom. The summed E-state index contributed by atoms with van der Waals surface area (Å²) in [5.41, 5.74) is -0.513. The van der Waals surface area contributed by atoms with Crippen LogP contribution in [0.2, 0.25) is 5.02 Å².